The molecule has 0 radical (unpaired) electrons. The summed E-state index contributed by atoms with van der Waals surface area (Å²) in [6.45, 7) is 1.99. The summed E-state index contributed by atoms with van der Waals surface area (Å²) < 4.78 is 65.2. The van der Waals surface area contributed by atoms with Crippen LogP contribution >= 0.6 is 10.7 Å². The van der Waals surface area contributed by atoms with Crippen LogP contribution in [0.25, 0.3) is 0 Å². The van der Waals surface area contributed by atoms with Crippen LogP contribution in [-0.4, -0.2) is 30.5 Å². The normalized spacial score (nSPS) is 14.5. The lowest BCUT2D eigenvalue weighted by molar-refractivity contribution is -0.142. The third kappa shape index (κ3) is 5.29. The minimum absolute atomic E-state index is 0.135. The highest BCUT2D eigenvalue weighted by molar-refractivity contribution is 8.13. The van der Waals surface area contributed by atoms with Gasteiger partial charge in [-0.3, -0.25) is 4.68 Å². The number of rotatable bonds is 6. The summed E-state index contributed by atoms with van der Waals surface area (Å²) in [5, 5.41) is 3.58. The van der Waals surface area contributed by atoms with Gasteiger partial charge in [-0.05, 0) is 13.3 Å². The summed E-state index contributed by atoms with van der Waals surface area (Å²) in [6, 6.07) is 0. The van der Waals surface area contributed by atoms with E-state index in [2.05, 4.69) is 5.10 Å². The molecule has 1 heterocycles. The van der Waals surface area contributed by atoms with Crippen molar-refractivity contribution in [2.45, 2.75) is 50.6 Å². The van der Waals surface area contributed by atoms with Gasteiger partial charge in [-0.25, -0.2) is 8.42 Å². The number of nitrogens with zero attached hydrogens (tertiary/aromatic N) is 2. The summed E-state index contributed by atoms with van der Waals surface area (Å²) in [5.74, 6) is 0. The standard InChI is InChI=1S/C10H14ClF3N2O3S/c1-3-7(2)19-5-8-9(20(11,17)18)4-16(15-8)6-10(12,13)14/h4,7H,3,5-6H2,1-2H3. The van der Waals surface area contributed by atoms with Crippen molar-refractivity contribution in [2.24, 2.45) is 0 Å². The zero-order valence-electron chi connectivity index (χ0n) is 10.8. The Morgan fingerprint density at radius 1 is 1.50 bits per heavy atom. The first kappa shape index (κ1) is 17.3. The lowest BCUT2D eigenvalue weighted by Crippen LogP contribution is -2.18. The third-order valence-electron chi connectivity index (χ3n) is 2.48. The van der Waals surface area contributed by atoms with Gasteiger partial charge in [0.1, 0.15) is 17.1 Å². The second-order valence-electron chi connectivity index (χ2n) is 4.22. The molecule has 1 aromatic rings. The Labute approximate surface area is 119 Å². The quantitative estimate of drug-likeness (QED) is 0.750. The molecule has 1 atom stereocenters. The fraction of sp³-hybridized carbons (Fsp3) is 0.700. The van der Waals surface area contributed by atoms with Crippen LogP contribution < -0.4 is 0 Å². The van der Waals surface area contributed by atoms with E-state index in [0.717, 1.165) is 6.20 Å². The Morgan fingerprint density at radius 3 is 2.55 bits per heavy atom. The van der Waals surface area contributed by atoms with Crippen LogP contribution in [0.3, 0.4) is 0 Å². The van der Waals surface area contributed by atoms with E-state index in [-0.39, 0.29) is 18.4 Å². The number of hydrogen-bond donors (Lipinski definition) is 0. The SMILES string of the molecule is CCC(C)OCc1nn(CC(F)(F)F)cc1S(=O)(=O)Cl. The third-order valence-corrected chi connectivity index (χ3v) is 3.85. The van der Waals surface area contributed by atoms with Crippen molar-refractivity contribution >= 4 is 19.7 Å². The van der Waals surface area contributed by atoms with Crippen molar-refractivity contribution in [2.75, 3.05) is 0 Å². The van der Waals surface area contributed by atoms with Crippen LogP contribution in [0, 0.1) is 0 Å². The van der Waals surface area contributed by atoms with Gasteiger partial charge in [0, 0.05) is 16.9 Å². The molecule has 0 saturated heterocycles. The molecule has 0 aliphatic rings. The Hall–Kier alpha value is -0.800. The zero-order valence-corrected chi connectivity index (χ0v) is 12.4. The average molecular weight is 335 g/mol. The molecule has 116 valence electrons. The Morgan fingerprint density at radius 2 is 2.10 bits per heavy atom. The molecule has 0 fully saturated rings. The van der Waals surface area contributed by atoms with Gasteiger partial charge in [-0.1, -0.05) is 6.92 Å². The fourth-order valence-electron chi connectivity index (χ4n) is 1.35. The van der Waals surface area contributed by atoms with Crippen molar-refractivity contribution in [1.29, 1.82) is 0 Å². The van der Waals surface area contributed by atoms with Crippen LogP contribution in [0.1, 0.15) is 26.0 Å². The van der Waals surface area contributed by atoms with Crippen LogP contribution in [0.5, 0.6) is 0 Å². The highest BCUT2D eigenvalue weighted by atomic mass is 35.7. The summed E-state index contributed by atoms with van der Waals surface area (Å²) in [7, 11) is 0.998. The molecule has 1 rings (SSSR count). The minimum atomic E-state index is -4.51. The van der Waals surface area contributed by atoms with E-state index in [1.165, 1.54) is 0 Å². The molecule has 0 spiro atoms. The molecule has 1 unspecified atom stereocenters. The van der Waals surface area contributed by atoms with E-state index in [9.17, 15) is 21.6 Å². The second kappa shape index (κ2) is 6.31. The predicted molar refractivity (Wildman–Crippen MR) is 65.9 cm³/mol. The van der Waals surface area contributed by atoms with Crippen molar-refractivity contribution in [1.82, 2.24) is 9.78 Å². The van der Waals surface area contributed by atoms with E-state index in [4.69, 9.17) is 15.4 Å². The van der Waals surface area contributed by atoms with Crippen LogP contribution in [0.15, 0.2) is 11.1 Å². The van der Waals surface area contributed by atoms with E-state index in [1.54, 1.807) is 6.92 Å². The maximum Gasteiger partial charge on any atom is 0.408 e. The topological polar surface area (TPSA) is 61.2 Å². The number of halogens is 4. The second-order valence-corrected chi connectivity index (χ2v) is 6.75. The number of hydrogen-bond acceptors (Lipinski definition) is 4. The molecule has 0 bridgehead atoms. The summed E-state index contributed by atoms with van der Waals surface area (Å²) in [6.07, 6.45) is -3.25. The first-order chi connectivity index (χ1) is 9.03. The summed E-state index contributed by atoms with van der Waals surface area (Å²) in [5.41, 5.74) is -0.135. The number of ether oxygens (including phenoxy) is 1. The number of alkyl halides is 3. The van der Waals surface area contributed by atoms with E-state index in [0.29, 0.717) is 11.1 Å². The van der Waals surface area contributed by atoms with Crippen molar-refractivity contribution in [3.05, 3.63) is 11.9 Å². The van der Waals surface area contributed by atoms with Crippen LogP contribution in [-0.2, 0) is 26.9 Å². The van der Waals surface area contributed by atoms with Crippen LogP contribution in [0.4, 0.5) is 13.2 Å². The molecular weight excluding hydrogens is 321 g/mol. The average Bonchev–Trinajstić information content (AvgIpc) is 2.66. The molecule has 10 heteroatoms. The molecular formula is C10H14ClF3N2O3S. The van der Waals surface area contributed by atoms with Gasteiger partial charge in [0.2, 0.25) is 0 Å². The molecule has 20 heavy (non-hydrogen) atoms. The number of aromatic nitrogens is 2. The van der Waals surface area contributed by atoms with Gasteiger partial charge >= 0.3 is 6.18 Å². The first-order valence-corrected chi connectivity index (χ1v) is 8.03. The lowest BCUT2D eigenvalue weighted by atomic mass is 10.3. The molecule has 0 N–H and O–H groups in total. The van der Waals surface area contributed by atoms with Gasteiger partial charge in [-0.15, -0.1) is 0 Å². The Kier molecular flexibility index (Phi) is 5.45. The molecule has 0 amide bonds. The van der Waals surface area contributed by atoms with Gasteiger partial charge in [0.05, 0.1) is 12.7 Å². The maximum atomic E-state index is 12.3. The van der Waals surface area contributed by atoms with Gasteiger partial charge in [-0.2, -0.15) is 18.3 Å². The van der Waals surface area contributed by atoms with E-state index in [1.807, 2.05) is 6.92 Å². The highest BCUT2D eigenvalue weighted by Gasteiger charge is 2.30. The van der Waals surface area contributed by atoms with Crippen molar-refractivity contribution in [3.63, 3.8) is 0 Å². The molecule has 0 saturated carbocycles. The first-order valence-electron chi connectivity index (χ1n) is 5.72. The predicted octanol–water partition coefficient (Wildman–Crippen LogP) is 2.69. The van der Waals surface area contributed by atoms with Gasteiger partial charge in [0.15, 0.2) is 0 Å². The molecule has 0 aliphatic carbocycles. The molecule has 5 nitrogen and oxygen atoms in total. The fourth-order valence-corrected chi connectivity index (χ4v) is 2.37. The van der Waals surface area contributed by atoms with E-state index < -0.39 is 26.7 Å². The van der Waals surface area contributed by atoms with Crippen molar-refractivity contribution in [3.8, 4) is 0 Å². The zero-order chi connectivity index (χ0) is 15.6. The van der Waals surface area contributed by atoms with Crippen molar-refractivity contribution < 1.29 is 26.3 Å². The minimum Gasteiger partial charge on any atom is -0.372 e. The largest absolute Gasteiger partial charge is 0.408 e. The molecule has 0 aromatic carbocycles. The summed E-state index contributed by atoms with van der Waals surface area (Å²) in [4.78, 5) is -0.466. The van der Waals surface area contributed by atoms with E-state index >= 15 is 0 Å². The van der Waals surface area contributed by atoms with Crippen LogP contribution in [0.2, 0.25) is 0 Å². The maximum absolute atomic E-state index is 12.3. The van der Waals surface area contributed by atoms with Gasteiger partial charge in [0.25, 0.3) is 9.05 Å². The smallest absolute Gasteiger partial charge is 0.372 e. The Balaban J connectivity index is 3.02. The summed E-state index contributed by atoms with van der Waals surface area (Å²) >= 11 is 0. The monoisotopic (exact) mass is 334 g/mol. The molecule has 1 aromatic heterocycles. The van der Waals surface area contributed by atoms with Gasteiger partial charge < -0.3 is 4.74 Å². The Bertz CT molecular complexity index is 557. The molecule has 0 aliphatic heterocycles. The highest BCUT2D eigenvalue weighted by Crippen LogP contribution is 2.23. The lowest BCUT2D eigenvalue weighted by Gasteiger charge is -2.09.